The van der Waals surface area contributed by atoms with Crippen molar-refractivity contribution in [1.82, 2.24) is 0 Å². The fourth-order valence-corrected chi connectivity index (χ4v) is 1.47. The van der Waals surface area contributed by atoms with E-state index in [-0.39, 0.29) is 5.75 Å². The van der Waals surface area contributed by atoms with E-state index in [0.29, 0.717) is 10.6 Å². The Labute approximate surface area is 98.8 Å². The zero-order chi connectivity index (χ0) is 11.4. The molecule has 2 nitrogen and oxygen atoms in total. The highest BCUT2D eigenvalue weighted by molar-refractivity contribution is 6.30. The number of hydrogen-bond donors (Lipinski definition) is 1. The molecule has 0 aliphatic carbocycles. The molecule has 0 radical (unpaired) electrons. The number of aliphatic imine (C=N–C) groups is 1. The number of hydrogen-bond acceptors (Lipinski definition) is 2. The molecule has 2 aromatic carbocycles. The molecular formula is C13H10ClNO. The van der Waals surface area contributed by atoms with Crippen LogP contribution >= 0.6 is 11.6 Å². The topological polar surface area (TPSA) is 32.6 Å². The first kappa shape index (κ1) is 10.7. The third-order valence-corrected chi connectivity index (χ3v) is 2.33. The van der Waals surface area contributed by atoms with Gasteiger partial charge in [-0.05, 0) is 30.3 Å². The maximum atomic E-state index is 9.56. The summed E-state index contributed by atoms with van der Waals surface area (Å²) in [4.78, 5) is 4.23. The van der Waals surface area contributed by atoms with Gasteiger partial charge in [-0.3, -0.25) is 4.99 Å². The Bertz CT molecular complexity index is 509. The minimum Gasteiger partial charge on any atom is -0.507 e. The van der Waals surface area contributed by atoms with Crippen LogP contribution in [0.4, 0.5) is 5.69 Å². The highest BCUT2D eigenvalue weighted by Crippen LogP contribution is 2.20. The smallest absolute Gasteiger partial charge is 0.124 e. The van der Waals surface area contributed by atoms with Gasteiger partial charge in [0.1, 0.15) is 5.75 Å². The lowest BCUT2D eigenvalue weighted by atomic mass is 10.2. The second-order valence-electron chi connectivity index (χ2n) is 3.30. The summed E-state index contributed by atoms with van der Waals surface area (Å²) < 4.78 is 0. The summed E-state index contributed by atoms with van der Waals surface area (Å²) in [5.74, 6) is 0.170. The minimum atomic E-state index is 0.170. The fraction of sp³-hybridized carbons (Fsp3) is 0. The predicted octanol–water partition coefficient (Wildman–Crippen LogP) is 3.80. The molecule has 0 saturated heterocycles. The van der Waals surface area contributed by atoms with Gasteiger partial charge in [0, 0.05) is 16.8 Å². The van der Waals surface area contributed by atoms with Crippen molar-refractivity contribution in [1.29, 1.82) is 0 Å². The second-order valence-corrected chi connectivity index (χ2v) is 3.73. The Hall–Kier alpha value is -1.80. The van der Waals surface area contributed by atoms with Crippen LogP contribution in [0, 0.1) is 0 Å². The maximum Gasteiger partial charge on any atom is 0.124 e. The van der Waals surface area contributed by atoms with Crippen molar-refractivity contribution in [3.8, 4) is 5.75 Å². The number of halogens is 1. The van der Waals surface area contributed by atoms with Gasteiger partial charge < -0.3 is 5.11 Å². The number of phenolic OH excluding ortho intramolecular Hbond substituents is 1. The molecule has 0 aliphatic rings. The molecule has 80 valence electrons. The summed E-state index contributed by atoms with van der Waals surface area (Å²) in [7, 11) is 0. The molecule has 0 unspecified atom stereocenters. The van der Waals surface area contributed by atoms with Crippen molar-refractivity contribution < 1.29 is 5.11 Å². The molecule has 1 N–H and O–H groups in total. The van der Waals surface area contributed by atoms with E-state index in [2.05, 4.69) is 4.99 Å². The van der Waals surface area contributed by atoms with Crippen molar-refractivity contribution in [3.05, 3.63) is 59.1 Å². The molecule has 0 amide bonds. The van der Waals surface area contributed by atoms with Gasteiger partial charge in [0.15, 0.2) is 0 Å². The predicted molar refractivity (Wildman–Crippen MR) is 66.8 cm³/mol. The van der Waals surface area contributed by atoms with Gasteiger partial charge in [0.2, 0.25) is 0 Å². The Balaban J connectivity index is 2.27. The first-order chi connectivity index (χ1) is 7.75. The molecule has 0 saturated carbocycles. The average Bonchev–Trinajstić information content (AvgIpc) is 2.32. The standard InChI is InChI=1S/C13H10ClNO/c14-11-6-7-13(16)10(8-11)9-15-12-4-2-1-3-5-12/h1-9,16H/b15-9+. The molecule has 2 rings (SSSR count). The number of rotatable bonds is 2. The van der Waals surface area contributed by atoms with Gasteiger partial charge in [-0.1, -0.05) is 29.8 Å². The summed E-state index contributed by atoms with van der Waals surface area (Å²) in [6.45, 7) is 0. The number of nitrogens with zero attached hydrogens (tertiary/aromatic N) is 1. The molecule has 16 heavy (non-hydrogen) atoms. The van der Waals surface area contributed by atoms with Gasteiger partial charge in [0.05, 0.1) is 5.69 Å². The summed E-state index contributed by atoms with van der Waals surface area (Å²) in [6.07, 6.45) is 1.59. The van der Waals surface area contributed by atoms with Crippen LogP contribution in [0.1, 0.15) is 5.56 Å². The van der Waals surface area contributed by atoms with Gasteiger partial charge >= 0.3 is 0 Å². The monoisotopic (exact) mass is 231 g/mol. The van der Waals surface area contributed by atoms with Gasteiger partial charge in [-0.25, -0.2) is 0 Å². The summed E-state index contributed by atoms with van der Waals surface area (Å²) >= 11 is 5.83. The first-order valence-corrected chi connectivity index (χ1v) is 5.21. The number of aromatic hydroxyl groups is 1. The third-order valence-electron chi connectivity index (χ3n) is 2.10. The molecule has 0 atom stereocenters. The van der Waals surface area contributed by atoms with Crippen LogP contribution < -0.4 is 0 Å². The van der Waals surface area contributed by atoms with Crippen molar-refractivity contribution in [2.24, 2.45) is 4.99 Å². The average molecular weight is 232 g/mol. The molecule has 0 aromatic heterocycles. The van der Waals surface area contributed by atoms with E-state index in [1.807, 2.05) is 30.3 Å². The first-order valence-electron chi connectivity index (χ1n) is 4.83. The summed E-state index contributed by atoms with van der Waals surface area (Å²) in [5, 5.41) is 10.1. The zero-order valence-corrected chi connectivity index (χ0v) is 9.22. The molecule has 0 bridgehead atoms. The third kappa shape index (κ3) is 2.61. The SMILES string of the molecule is Oc1ccc(Cl)cc1/C=N/c1ccccc1. The van der Waals surface area contributed by atoms with E-state index in [1.54, 1.807) is 24.4 Å². The van der Waals surface area contributed by atoms with Crippen LogP contribution in [-0.4, -0.2) is 11.3 Å². The van der Waals surface area contributed by atoms with E-state index >= 15 is 0 Å². The zero-order valence-electron chi connectivity index (χ0n) is 8.47. The van der Waals surface area contributed by atoms with E-state index in [4.69, 9.17) is 11.6 Å². The van der Waals surface area contributed by atoms with Crippen LogP contribution in [0.5, 0.6) is 5.75 Å². The fourth-order valence-electron chi connectivity index (χ4n) is 1.29. The van der Waals surface area contributed by atoms with E-state index < -0.39 is 0 Å². The van der Waals surface area contributed by atoms with Crippen LogP contribution in [0.3, 0.4) is 0 Å². The van der Waals surface area contributed by atoms with E-state index in [0.717, 1.165) is 5.69 Å². The second kappa shape index (κ2) is 4.81. The molecule has 3 heteroatoms. The molecular weight excluding hydrogens is 222 g/mol. The molecule has 0 spiro atoms. The highest BCUT2D eigenvalue weighted by Gasteiger charge is 1.98. The lowest BCUT2D eigenvalue weighted by molar-refractivity contribution is 0.474. The van der Waals surface area contributed by atoms with Crippen LogP contribution in [-0.2, 0) is 0 Å². The molecule has 2 aromatic rings. The molecule has 0 aliphatic heterocycles. The van der Waals surface area contributed by atoms with Crippen LogP contribution in [0.25, 0.3) is 0 Å². The molecule has 0 heterocycles. The lowest BCUT2D eigenvalue weighted by Crippen LogP contribution is -1.81. The van der Waals surface area contributed by atoms with Crippen molar-refractivity contribution >= 4 is 23.5 Å². The Morgan fingerprint density at radius 3 is 2.56 bits per heavy atom. The minimum absolute atomic E-state index is 0.170. The maximum absolute atomic E-state index is 9.56. The van der Waals surface area contributed by atoms with Crippen LogP contribution in [0.2, 0.25) is 5.02 Å². The van der Waals surface area contributed by atoms with Crippen molar-refractivity contribution in [2.75, 3.05) is 0 Å². The number of phenols is 1. The van der Waals surface area contributed by atoms with Crippen molar-refractivity contribution in [2.45, 2.75) is 0 Å². The largest absolute Gasteiger partial charge is 0.507 e. The van der Waals surface area contributed by atoms with Gasteiger partial charge in [-0.2, -0.15) is 0 Å². The summed E-state index contributed by atoms with van der Waals surface area (Å²) in [6, 6.07) is 14.4. The Morgan fingerprint density at radius 2 is 1.81 bits per heavy atom. The summed E-state index contributed by atoms with van der Waals surface area (Å²) in [5.41, 5.74) is 1.44. The normalized spacial score (nSPS) is 10.8. The van der Waals surface area contributed by atoms with E-state index in [9.17, 15) is 5.11 Å². The number of benzene rings is 2. The van der Waals surface area contributed by atoms with E-state index in [1.165, 1.54) is 0 Å². The Kier molecular flexibility index (Phi) is 3.22. The Morgan fingerprint density at radius 1 is 1.06 bits per heavy atom. The van der Waals surface area contributed by atoms with Crippen LogP contribution in [0.15, 0.2) is 53.5 Å². The van der Waals surface area contributed by atoms with Crippen molar-refractivity contribution in [3.63, 3.8) is 0 Å². The molecule has 0 fully saturated rings. The quantitative estimate of drug-likeness (QED) is 0.784. The van der Waals surface area contributed by atoms with Gasteiger partial charge in [0.25, 0.3) is 0 Å². The lowest BCUT2D eigenvalue weighted by Gasteiger charge is -1.98. The number of para-hydroxylation sites is 1. The van der Waals surface area contributed by atoms with Gasteiger partial charge in [-0.15, -0.1) is 0 Å². The highest BCUT2D eigenvalue weighted by atomic mass is 35.5.